The molecule has 0 unspecified atom stereocenters. The van der Waals surface area contributed by atoms with Crippen LogP contribution in [0.3, 0.4) is 0 Å². The number of para-hydroxylation sites is 1. The minimum Gasteiger partial charge on any atom is -0.336 e. The summed E-state index contributed by atoms with van der Waals surface area (Å²) in [5, 5.41) is 12.3. The van der Waals surface area contributed by atoms with Crippen molar-refractivity contribution < 1.29 is 9.59 Å². The fraction of sp³-hybridized carbons (Fsp3) is 0.238. The standard InChI is InChI=1S/C21H22ClN5O2S/c1-14-8-4-5-9-15(14)20-24-25-21(27(20)3)30-13-19(29)26(2)12-18(28)23-17-11-7-6-10-16(17)22/h4-11H,12-13H2,1-3H3,(H,23,28). The van der Waals surface area contributed by atoms with Crippen LogP contribution in [0.1, 0.15) is 5.56 Å². The molecule has 0 aliphatic carbocycles. The molecule has 156 valence electrons. The number of hydrogen-bond acceptors (Lipinski definition) is 5. The predicted octanol–water partition coefficient (Wildman–Crippen LogP) is 3.63. The van der Waals surface area contributed by atoms with Gasteiger partial charge >= 0.3 is 0 Å². The van der Waals surface area contributed by atoms with E-state index in [1.165, 1.54) is 16.7 Å². The van der Waals surface area contributed by atoms with Crippen LogP contribution in [-0.4, -0.2) is 50.8 Å². The number of nitrogens with one attached hydrogen (secondary N) is 1. The Balaban J connectivity index is 1.56. The van der Waals surface area contributed by atoms with E-state index in [0.717, 1.165) is 17.0 Å². The summed E-state index contributed by atoms with van der Waals surface area (Å²) in [5.41, 5.74) is 2.62. The summed E-state index contributed by atoms with van der Waals surface area (Å²) in [6, 6.07) is 14.9. The van der Waals surface area contributed by atoms with E-state index in [-0.39, 0.29) is 24.1 Å². The number of nitrogens with zero attached hydrogens (tertiary/aromatic N) is 4. The SMILES string of the molecule is Cc1ccccc1-c1nnc(SCC(=O)N(C)CC(=O)Nc2ccccc2Cl)n1C. The average molecular weight is 444 g/mol. The van der Waals surface area contributed by atoms with Crippen molar-refractivity contribution in [1.29, 1.82) is 0 Å². The van der Waals surface area contributed by atoms with Gasteiger partial charge < -0.3 is 14.8 Å². The molecule has 0 fully saturated rings. The van der Waals surface area contributed by atoms with Crippen LogP contribution in [0, 0.1) is 6.92 Å². The molecule has 9 heteroatoms. The Bertz CT molecular complexity index is 1070. The molecule has 1 N–H and O–H groups in total. The number of thioether (sulfide) groups is 1. The first-order valence-electron chi connectivity index (χ1n) is 9.23. The lowest BCUT2D eigenvalue weighted by atomic mass is 10.1. The molecule has 0 radical (unpaired) electrons. The van der Waals surface area contributed by atoms with E-state index in [2.05, 4.69) is 15.5 Å². The number of likely N-dealkylation sites (N-methyl/N-ethyl adjacent to an activating group) is 1. The van der Waals surface area contributed by atoms with Crippen LogP contribution in [0.25, 0.3) is 11.4 Å². The zero-order valence-corrected chi connectivity index (χ0v) is 18.5. The first-order chi connectivity index (χ1) is 14.4. The van der Waals surface area contributed by atoms with Gasteiger partial charge in [0.15, 0.2) is 11.0 Å². The van der Waals surface area contributed by atoms with Gasteiger partial charge in [0.05, 0.1) is 23.0 Å². The number of carbonyl (C=O) groups excluding carboxylic acids is 2. The molecule has 2 aromatic carbocycles. The van der Waals surface area contributed by atoms with Crippen LogP contribution in [0.15, 0.2) is 53.7 Å². The maximum Gasteiger partial charge on any atom is 0.244 e. The van der Waals surface area contributed by atoms with Gasteiger partial charge in [-0.15, -0.1) is 10.2 Å². The number of amides is 2. The highest BCUT2D eigenvalue weighted by molar-refractivity contribution is 7.99. The highest BCUT2D eigenvalue weighted by Gasteiger charge is 2.17. The summed E-state index contributed by atoms with van der Waals surface area (Å²) in [6.07, 6.45) is 0. The van der Waals surface area contributed by atoms with Crippen molar-refractivity contribution in [2.24, 2.45) is 7.05 Å². The topological polar surface area (TPSA) is 80.1 Å². The van der Waals surface area contributed by atoms with Gasteiger partial charge in [-0.2, -0.15) is 0 Å². The largest absolute Gasteiger partial charge is 0.336 e. The summed E-state index contributed by atoms with van der Waals surface area (Å²) < 4.78 is 1.87. The Labute approximate surface area is 184 Å². The smallest absolute Gasteiger partial charge is 0.244 e. The first kappa shape index (κ1) is 21.9. The molecular formula is C21H22ClN5O2S. The minimum atomic E-state index is -0.315. The van der Waals surface area contributed by atoms with E-state index < -0.39 is 0 Å². The Morgan fingerprint density at radius 1 is 1.13 bits per heavy atom. The Morgan fingerprint density at radius 3 is 2.57 bits per heavy atom. The third-order valence-corrected chi connectivity index (χ3v) is 5.83. The van der Waals surface area contributed by atoms with Crippen molar-refractivity contribution in [3.8, 4) is 11.4 Å². The minimum absolute atomic E-state index is 0.0715. The third-order valence-electron chi connectivity index (χ3n) is 4.50. The van der Waals surface area contributed by atoms with Gasteiger partial charge in [0, 0.05) is 19.7 Å². The molecule has 7 nitrogen and oxygen atoms in total. The number of carbonyl (C=O) groups is 2. The Morgan fingerprint density at radius 2 is 1.83 bits per heavy atom. The summed E-state index contributed by atoms with van der Waals surface area (Å²) in [6.45, 7) is 1.95. The van der Waals surface area contributed by atoms with E-state index in [1.807, 2.05) is 42.8 Å². The van der Waals surface area contributed by atoms with E-state index in [1.54, 1.807) is 31.3 Å². The van der Waals surface area contributed by atoms with Crippen molar-refractivity contribution in [2.45, 2.75) is 12.1 Å². The maximum atomic E-state index is 12.5. The van der Waals surface area contributed by atoms with Crippen molar-refractivity contribution in [1.82, 2.24) is 19.7 Å². The van der Waals surface area contributed by atoms with Gasteiger partial charge in [-0.1, -0.05) is 59.8 Å². The lowest BCUT2D eigenvalue weighted by Gasteiger charge is -2.17. The Hall–Kier alpha value is -2.84. The fourth-order valence-corrected chi connectivity index (χ4v) is 3.83. The molecule has 30 heavy (non-hydrogen) atoms. The number of rotatable bonds is 7. The Kier molecular flexibility index (Phi) is 7.12. The van der Waals surface area contributed by atoms with Gasteiger partial charge in [-0.25, -0.2) is 0 Å². The van der Waals surface area contributed by atoms with Crippen LogP contribution in [0.5, 0.6) is 0 Å². The number of aromatic nitrogens is 3. The lowest BCUT2D eigenvalue weighted by Crippen LogP contribution is -2.36. The number of aryl methyl sites for hydroxylation is 1. The van der Waals surface area contributed by atoms with E-state index in [9.17, 15) is 9.59 Å². The second kappa shape index (κ2) is 9.77. The molecule has 0 aliphatic rings. The molecule has 0 bridgehead atoms. The number of benzene rings is 2. The van der Waals surface area contributed by atoms with Crippen LogP contribution < -0.4 is 5.32 Å². The van der Waals surface area contributed by atoms with Crippen molar-refractivity contribution in [3.05, 3.63) is 59.1 Å². The molecule has 0 saturated heterocycles. The molecular weight excluding hydrogens is 422 g/mol. The van der Waals surface area contributed by atoms with Crippen LogP contribution >= 0.6 is 23.4 Å². The van der Waals surface area contributed by atoms with Gasteiger partial charge in [0.2, 0.25) is 11.8 Å². The highest BCUT2D eigenvalue weighted by Crippen LogP contribution is 2.25. The van der Waals surface area contributed by atoms with Crippen LogP contribution in [0.4, 0.5) is 5.69 Å². The molecule has 0 aliphatic heterocycles. The molecule has 2 amide bonds. The van der Waals surface area contributed by atoms with E-state index in [0.29, 0.717) is 15.9 Å². The van der Waals surface area contributed by atoms with Crippen LogP contribution in [0.2, 0.25) is 5.02 Å². The number of anilines is 1. The van der Waals surface area contributed by atoms with Gasteiger partial charge in [-0.05, 0) is 24.6 Å². The average Bonchev–Trinajstić information content (AvgIpc) is 3.08. The third kappa shape index (κ3) is 5.20. The van der Waals surface area contributed by atoms with Gasteiger partial charge in [0.25, 0.3) is 0 Å². The summed E-state index contributed by atoms with van der Waals surface area (Å²) in [7, 11) is 3.46. The van der Waals surface area contributed by atoms with Crippen molar-refractivity contribution >= 4 is 40.9 Å². The zero-order chi connectivity index (χ0) is 21.7. The predicted molar refractivity (Wildman–Crippen MR) is 120 cm³/mol. The normalized spacial score (nSPS) is 10.7. The fourth-order valence-electron chi connectivity index (χ4n) is 2.79. The second-order valence-corrected chi connectivity index (χ2v) is 8.10. The number of hydrogen-bond donors (Lipinski definition) is 1. The van der Waals surface area contributed by atoms with E-state index in [4.69, 9.17) is 11.6 Å². The zero-order valence-electron chi connectivity index (χ0n) is 16.9. The number of halogens is 1. The molecule has 3 aromatic rings. The van der Waals surface area contributed by atoms with Crippen molar-refractivity contribution in [2.75, 3.05) is 24.7 Å². The monoisotopic (exact) mass is 443 g/mol. The quantitative estimate of drug-likeness (QED) is 0.564. The first-order valence-corrected chi connectivity index (χ1v) is 10.6. The highest BCUT2D eigenvalue weighted by atomic mass is 35.5. The molecule has 0 saturated carbocycles. The summed E-state index contributed by atoms with van der Waals surface area (Å²) >= 11 is 7.33. The summed E-state index contributed by atoms with van der Waals surface area (Å²) in [5.74, 6) is 0.394. The van der Waals surface area contributed by atoms with Gasteiger partial charge in [0.1, 0.15) is 0 Å². The summed E-state index contributed by atoms with van der Waals surface area (Å²) in [4.78, 5) is 26.0. The molecule has 1 aromatic heterocycles. The molecule has 1 heterocycles. The maximum absolute atomic E-state index is 12.5. The second-order valence-electron chi connectivity index (χ2n) is 6.75. The van der Waals surface area contributed by atoms with Gasteiger partial charge in [-0.3, -0.25) is 9.59 Å². The van der Waals surface area contributed by atoms with Crippen LogP contribution in [-0.2, 0) is 16.6 Å². The lowest BCUT2D eigenvalue weighted by molar-refractivity contribution is -0.131. The molecule has 0 atom stereocenters. The van der Waals surface area contributed by atoms with Crippen molar-refractivity contribution in [3.63, 3.8) is 0 Å². The molecule has 3 rings (SSSR count). The van der Waals surface area contributed by atoms with E-state index >= 15 is 0 Å². The molecule has 0 spiro atoms.